The van der Waals surface area contributed by atoms with E-state index in [2.05, 4.69) is 46.7 Å². The van der Waals surface area contributed by atoms with Crippen LogP contribution in [0, 0.1) is 5.41 Å². The molecule has 2 aromatic rings. The van der Waals surface area contributed by atoms with Gasteiger partial charge in [0.15, 0.2) is 0 Å². The zero-order chi connectivity index (χ0) is 13.1. The molecule has 2 N–H and O–H groups in total. The molecule has 2 heterocycles. The van der Waals surface area contributed by atoms with Crippen molar-refractivity contribution in [1.29, 1.82) is 0 Å². The van der Waals surface area contributed by atoms with Crippen LogP contribution in [0.2, 0.25) is 0 Å². The third kappa shape index (κ3) is 2.85. The first-order chi connectivity index (χ1) is 9.25. The van der Waals surface area contributed by atoms with Crippen LogP contribution < -0.4 is 5.32 Å². The van der Waals surface area contributed by atoms with E-state index in [9.17, 15) is 0 Å². The molecule has 0 saturated carbocycles. The Morgan fingerprint density at radius 3 is 2.63 bits per heavy atom. The highest BCUT2D eigenvalue weighted by Crippen LogP contribution is 2.25. The minimum atomic E-state index is 0.329. The van der Waals surface area contributed by atoms with E-state index in [0.29, 0.717) is 5.41 Å². The average Bonchev–Trinajstić information content (AvgIpc) is 2.91. The Morgan fingerprint density at radius 1 is 1.26 bits per heavy atom. The highest BCUT2D eigenvalue weighted by atomic mass is 16.5. The Kier molecular flexibility index (Phi) is 3.36. The molecule has 3 rings (SSSR count). The lowest BCUT2D eigenvalue weighted by atomic mass is 9.89. The van der Waals surface area contributed by atoms with Crippen molar-refractivity contribution in [1.82, 2.24) is 15.5 Å². The van der Waals surface area contributed by atoms with E-state index in [0.717, 1.165) is 32.0 Å². The zero-order valence-electron chi connectivity index (χ0n) is 11.1. The molecule has 0 unspecified atom stereocenters. The molecule has 19 heavy (non-hydrogen) atoms. The Hall–Kier alpha value is -1.65. The molecule has 0 amide bonds. The smallest absolute Gasteiger partial charge is 0.0650 e. The lowest BCUT2D eigenvalue weighted by molar-refractivity contribution is -0.0991. The molecule has 0 atom stereocenters. The van der Waals surface area contributed by atoms with Crippen LogP contribution in [0.3, 0.4) is 0 Å². The molecule has 0 radical (unpaired) electrons. The molecule has 1 saturated heterocycles. The molecule has 0 aliphatic carbocycles. The second-order valence-electron chi connectivity index (χ2n) is 5.57. The largest absolute Gasteiger partial charge is 0.380 e. The average molecular weight is 257 g/mol. The van der Waals surface area contributed by atoms with Gasteiger partial charge in [-0.1, -0.05) is 31.2 Å². The van der Waals surface area contributed by atoms with E-state index >= 15 is 0 Å². The lowest BCUT2D eigenvalue weighted by Gasteiger charge is -2.38. The van der Waals surface area contributed by atoms with Crippen LogP contribution >= 0.6 is 0 Å². The highest BCUT2D eigenvalue weighted by Gasteiger charge is 2.32. The van der Waals surface area contributed by atoms with Gasteiger partial charge >= 0.3 is 0 Å². The monoisotopic (exact) mass is 257 g/mol. The highest BCUT2D eigenvalue weighted by molar-refractivity contribution is 5.58. The van der Waals surface area contributed by atoms with Crippen molar-refractivity contribution >= 4 is 0 Å². The first-order valence-electron chi connectivity index (χ1n) is 6.62. The van der Waals surface area contributed by atoms with Crippen molar-refractivity contribution in [2.45, 2.75) is 13.5 Å². The Bertz CT molecular complexity index is 515. The fourth-order valence-electron chi connectivity index (χ4n) is 2.28. The lowest BCUT2D eigenvalue weighted by Crippen LogP contribution is -2.47. The molecule has 0 bridgehead atoms. The topological polar surface area (TPSA) is 49.9 Å². The maximum absolute atomic E-state index is 5.25. The van der Waals surface area contributed by atoms with E-state index < -0.39 is 0 Å². The van der Waals surface area contributed by atoms with Gasteiger partial charge < -0.3 is 10.1 Å². The molecule has 1 aliphatic rings. The number of benzene rings is 1. The van der Waals surface area contributed by atoms with Crippen LogP contribution in [0.4, 0.5) is 0 Å². The van der Waals surface area contributed by atoms with Crippen molar-refractivity contribution in [3.8, 4) is 11.3 Å². The van der Waals surface area contributed by atoms with Crippen LogP contribution in [-0.4, -0.2) is 30.0 Å². The van der Waals surface area contributed by atoms with Crippen LogP contribution in [0.25, 0.3) is 11.3 Å². The Morgan fingerprint density at radius 2 is 2.05 bits per heavy atom. The summed E-state index contributed by atoms with van der Waals surface area (Å²) in [6.45, 7) is 5.91. The standard InChI is InChI=1S/C15H19N3O/c1-15(10-19-11-15)9-16-8-12-2-4-13(5-3-12)14-6-7-17-18-14/h2-7,16H,8-11H2,1H3,(H,17,18). The van der Waals surface area contributed by atoms with Crippen molar-refractivity contribution in [2.75, 3.05) is 19.8 Å². The maximum Gasteiger partial charge on any atom is 0.0650 e. The van der Waals surface area contributed by atoms with Gasteiger partial charge in [-0.25, -0.2) is 0 Å². The summed E-state index contributed by atoms with van der Waals surface area (Å²) in [7, 11) is 0. The number of rotatable bonds is 5. The number of hydrogen-bond acceptors (Lipinski definition) is 3. The second kappa shape index (κ2) is 5.15. The molecule has 4 nitrogen and oxygen atoms in total. The number of aromatic amines is 1. The van der Waals surface area contributed by atoms with Crippen molar-refractivity contribution in [2.24, 2.45) is 5.41 Å². The van der Waals surface area contributed by atoms with Crippen molar-refractivity contribution < 1.29 is 4.74 Å². The number of aromatic nitrogens is 2. The zero-order valence-corrected chi connectivity index (χ0v) is 11.1. The number of hydrogen-bond donors (Lipinski definition) is 2. The van der Waals surface area contributed by atoms with E-state index in [1.165, 1.54) is 11.1 Å². The van der Waals surface area contributed by atoms with Gasteiger partial charge in [-0.3, -0.25) is 5.10 Å². The first-order valence-corrected chi connectivity index (χ1v) is 6.62. The number of H-pyrrole nitrogens is 1. The third-order valence-electron chi connectivity index (χ3n) is 3.55. The second-order valence-corrected chi connectivity index (χ2v) is 5.57. The van der Waals surface area contributed by atoms with E-state index in [1.54, 1.807) is 6.20 Å². The Balaban J connectivity index is 1.54. The molecule has 4 heteroatoms. The van der Waals surface area contributed by atoms with E-state index in [4.69, 9.17) is 4.74 Å². The van der Waals surface area contributed by atoms with Crippen molar-refractivity contribution in [3.63, 3.8) is 0 Å². The summed E-state index contributed by atoms with van der Waals surface area (Å²) in [5.74, 6) is 0. The van der Waals surface area contributed by atoms with E-state index in [1.807, 2.05) is 6.07 Å². The number of nitrogens with one attached hydrogen (secondary N) is 2. The molecule has 1 aromatic heterocycles. The van der Waals surface area contributed by atoms with Gasteiger partial charge in [0.2, 0.25) is 0 Å². The van der Waals surface area contributed by atoms with Gasteiger partial charge in [0, 0.05) is 24.7 Å². The SMILES string of the molecule is CC1(CNCc2ccc(-c3ccn[nH]3)cc2)COC1. The first kappa shape index (κ1) is 12.4. The summed E-state index contributed by atoms with van der Waals surface area (Å²) in [5, 5.41) is 10.4. The molecular formula is C15H19N3O. The number of nitrogens with zero attached hydrogens (tertiary/aromatic N) is 1. The van der Waals surface area contributed by atoms with Gasteiger partial charge in [0.05, 0.1) is 18.9 Å². The maximum atomic E-state index is 5.25. The molecule has 1 aromatic carbocycles. The molecule has 100 valence electrons. The Labute approximate surface area is 113 Å². The van der Waals surface area contributed by atoms with Gasteiger partial charge in [0.1, 0.15) is 0 Å². The third-order valence-corrected chi connectivity index (χ3v) is 3.55. The minimum absolute atomic E-state index is 0.329. The molecule has 1 fully saturated rings. The van der Waals surface area contributed by atoms with E-state index in [-0.39, 0.29) is 0 Å². The summed E-state index contributed by atoms with van der Waals surface area (Å²) in [6, 6.07) is 10.5. The summed E-state index contributed by atoms with van der Waals surface area (Å²) in [6.07, 6.45) is 1.77. The fourth-order valence-corrected chi connectivity index (χ4v) is 2.28. The predicted molar refractivity (Wildman–Crippen MR) is 74.7 cm³/mol. The minimum Gasteiger partial charge on any atom is -0.380 e. The van der Waals surface area contributed by atoms with Crippen LogP contribution in [0.15, 0.2) is 36.5 Å². The molecule has 0 spiro atoms. The molecular weight excluding hydrogens is 238 g/mol. The van der Waals surface area contributed by atoms with Gasteiger partial charge in [-0.15, -0.1) is 0 Å². The summed E-state index contributed by atoms with van der Waals surface area (Å²) in [5.41, 5.74) is 3.85. The fraction of sp³-hybridized carbons (Fsp3) is 0.400. The van der Waals surface area contributed by atoms with Crippen LogP contribution in [0.5, 0.6) is 0 Å². The molecule has 1 aliphatic heterocycles. The van der Waals surface area contributed by atoms with Gasteiger partial charge in [-0.2, -0.15) is 5.10 Å². The van der Waals surface area contributed by atoms with Crippen LogP contribution in [0.1, 0.15) is 12.5 Å². The summed E-state index contributed by atoms with van der Waals surface area (Å²) < 4.78 is 5.25. The van der Waals surface area contributed by atoms with Crippen LogP contribution in [-0.2, 0) is 11.3 Å². The number of ether oxygens (including phenoxy) is 1. The van der Waals surface area contributed by atoms with Gasteiger partial charge in [-0.05, 0) is 17.2 Å². The summed E-state index contributed by atoms with van der Waals surface area (Å²) >= 11 is 0. The van der Waals surface area contributed by atoms with Gasteiger partial charge in [0.25, 0.3) is 0 Å². The predicted octanol–water partition coefficient (Wildman–Crippen LogP) is 2.20. The summed E-state index contributed by atoms with van der Waals surface area (Å²) in [4.78, 5) is 0. The normalized spacial score (nSPS) is 17.1. The van der Waals surface area contributed by atoms with Crippen molar-refractivity contribution in [3.05, 3.63) is 42.1 Å². The quantitative estimate of drug-likeness (QED) is 0.863.